The number of carbonyl (C=O) groups is 2. The smallest absolute Gasteiger partial charge is 0.237 e. The van der Waals surface area contributed by atoms with E-state index in [-0.39, 0.29) is 24.8 Å². The van der Waals surface area contributed by atoms with Crippen LogP contribution in [0, 0.1) is 0 Å². The number of imidazole rings is 1. The third-order valence-corrected chi connectivity index (χ3v) is 4.37. The number of amides is 2. The molecule has 1 aromatic carbocycles. The third-order valence-electron chi connectivity index (χ3n) is 3.15. The van der Waals surface area contributed by atoms with Gasteiger partial charge < -0.3 is 25.5 Å². The second-order valence-electron chi connectivity index (χ2n) is 4.92. The number of primary amides is 1. The van der Waals surface area contributed by atoms with Crippen LogP contribution in [0.1, 0.15) is 5.69 Å². The number of ether oxygens (including phenoxy) is 1. The van der Waals surface area contributed by atoms with Crippen molar-refractivity contribution < 1.29 is 19.4 Å². The highest BCUT2D eigenvalue weighted by atomic mass is 35.5. The summed E-state index contributed by atoms with van der Waals surface area (Å²) in [5.74, 6) is -0.344. The summed E-state index contributed by atoms with van der Waals surface area (Å²) in [6.07, 6.45) is 1.43. The van der Waals surface area contributed by atoms with Gasteiger partial charge in [0.1, 0.15) is 12.3 Å². The number of methoxy groups -OCH3 is 1. The standard InChI is InChI=1S/C15H17ClN4O4S/c1-24-12-3-2-9(16)4-11(12)19-14(23)8-25-15-18-5-10(7-21)20(15)6-13(17)22/h2-5,21H,6-8H2,1H3,(H2,17,22)(H,19,23). The number of aromatic nitrogens is 2. The lowest BCUT2D eigenvalue weighted by atomic mass is 10.3. The lowest BCUT2D eigenvalue weighted by Gasteiger charge is -2.11. The average molecular weight is 385 g/mol. The van der Waals surface area contributed by atoms with E-state index in [0.717, 1.165) is 11.8 Å². The maximum Gasteiger partial charge on any atom is 0.237 e. The van der Waals surface area contributed by atoms with Gasteiger partial charge in [-0.15, -0.1) is 0 Å². The Bertz CT molecular complexity index is 781. The second-order valence-corrected chi connectivity index (χ2v) is 6.30. The van der Waals surface area contributed by atoms with Crippen LogP contribution in [0.15, 0.2) is 29.6 Å². The molecule has 8 nitrogen and oxygen atoms in total. The summed E-state index contributed by atoms with van der Waals surface area (Å²) in [6.45, 7) is -0.408. The van der Waals surface area contributed by atoms with Gasteiger partial charge in [0.2, 0.25) is 11.8 Å². The highest BCUT2D eigenvalue weighted by Gasteiger charge is 2.14. The molecule has 2 aromatic rings. The van der Waals surface area contributed by atoms with Crippen molar-refractivity contribution in [1.29, 1.82) is 0 Å². The summed E-state index contributed by atoms with van der Waals surface area (Å²) in [7, 11) is 1.49. The molecule has 10 heteroatoms. The lowest BCUT2D eigenvalue weighted by molar-refractivity contribution is -0.118. The van der Waals surface area contributed by atoms with Crippen molar-refractivity contribution in [2.75, 3.05) is 18.2 Å². The van der Waals surface area contributed by atoms with E-state index in [1.165, 1.54) is 17.9 Å². The molecule has 2 amide bonds. The Labute approximate surface area is 153 Å². The van der Waals surface area contributed by atoms with Crippen LogP contribution in [0.4, 0.5) is 5.69 Å². The number of aliphatic hydroxyl groups is 1. The summed E-state index contributed by atoms with van der Waals surface area (Å²) in [6, 6.07) is 4.89. The summed E-state index contributed by atoms with van der Waals surface area (Å²) in [5, 5.41) is 12.9. The topological polar surface area (TPSA) is 119 Å². The zero-order valence-electron chi connectivity index (χ0n) is 13.4. The zero-order valence-corrected chi connectivity index (χ0v) is 14.9. The first-order chi connectivity index (χ1) is 11.9. The zero-order chi connectivity index (χ0) is 18.4. The van der Waals surface area contributed by atoms with Crippen LogP contribution >= 0.6 is 23.4 Å². The van der Waals surface area contributed by atoms with Gasteiger partial charge in [-0.2, -0.15) is 0 Å². The number of carbonyl (C=O) groups excluding carboxylic acids is 2. The van der Waals surface area contributed by atoms with E-state index >= 15 is 0 Å². The van der Waals surface area contributed by atoms with Crippen LogP contribution in [-0.2, 0) is 22.7 Å². The van der Waals surface area contributed by atoms with Crippen molar-refractivity contribution in [3.63, 3.8) is 0 Å². The van der Waals surface area contributed by atoms with E-state index in [2.05, 4.69) is 10.3 Å². The first kappa shape index (κ1) is 19.1. The molecule has 0 saturated carbocycles. The van der Waals surface area contributed by atoms with Crippen LogP contribution in [0.2, 0.25) is 5.02 Å². The van der Waals surface area contributed by atoms with Crippen molar-refractivity contribution in [3.8, 4) is 5.75 Å². The van der Waals surface area contributed by atoms with Gasteiger partial charge in [-0.25, -0.2) is 4.98 Å². The first-order valence-electron chi connectivity index (χ1n) is 7.14. The molecule has 0 aliphatic rings. The molecule has 1 aromatic heterocycles. The van der Waals surface area contributed by atoms with E-state index in [0.29, 0.717) is 27.3 Å². The molecule has 0 fully saturated rings. The van der Waals surface area contributed by atoms with Crippen LogP contribution < -0.4 is 15.8 Å². The summed E-state index contributed by atoms with van der Waals surface area (Å²) < 4.78 is 6.64. The molecule has 0 aliphatic carbocycles. The van der Waals surface area contributed by atoms with Crippen molar-refractivity contribution >= 4 is 40.9 Å². The maximum atomic E-state index is 12.2. The first-order valence-corrected chi connectivity index (χ1v) is 8.50. The highest BCUT2D eigenvalue weighted by molar-refractivity contribution is 7.99. The fraction of sp³-hybridized carbons (Fsp3) is 0.267. The Kier molecular flexibility index (Phi) is 6.68. The predicted molar refractivity (Wildman–Crippen MR) is 94.7 cm³/mol. The second kappa shape index (κ2) is 8.75. The van der Waals surface area contributed by atoms with Gasteiger partial charge >= 0.3 is 0 Å². The number of hydrogen-bond donors (Lipinski definition) is 3. The molecule has 0 spiro atoms. The van der Waals surface area contributed by atoms with Gasteiger partial charge in [-0.05, 0) is 18.2 Å². The van der Waals surface area contributed by atoms with E-state index < -0.39 is 5.91 Å². The van der Waals surface area contributed by atoms with Gasteiger partial charge in [-0.3, -0.25) is 9.59 Å². The Hall–Kier alpha value is -2.23. The SMILES string of the molecule is COc1ccc(Cl)cc1NC(=O)CSc1ncc(CO)n1CC(N)=O. The number of halogens is 1. The lowest BCUT2D eigenvalue weighted by Crippen LogP contribution is -2.21. The molecule has 2 rings (SSSR count). The minimum atomic E-state index is -0.567. The van der Waals surface area contributed by atoms with Crippen LogP contribution in [0.3, 0.4) is 0 Å². The molecular weight excluding hydrogens is 368 g/mol. The fourth-order valence-corrected chi connectivity index (χ4v) is 3.02. The molecular formula is C15H17ClN4O4S. The van der Waals surface area contributed by atoms with Crippen LogP contribution in [0.5, 0.6) is 5.75 Å². The van der Waals surface area contributed by atoms with Crippen molar-refractivity contribution in [1.82, 2.24) is 9.55 Å². The minimum absolute atomic E-state index is 0.0380. The van der Waals surface area contributed by atoms with E-state index in [1.54, 1.807) is 18.2 Å². The number of anilines is 1. The molecule has 134 valence electrons. The Morgan fingerprint density at radius 3 is 2.88 bits per heavy atom. The highest BCUT2D eigenvalue weighted by Crippen LogP contribution is 2.28. The van der Waals surface area contributed by atoms with Gasteiger partial charge in [-0.1, -0.05) is 23.4 Å². The number of nitrogens with zero attached hydrogens (tertiary/aromatic N) is 2. The molecule has 4 N–H and O–H groups in total. The number of aliphatic hydroxyl groups excluding tert-OH is 1. The molecule has 0 bridgehead atoms. The summed E-state index contributed by atoms with van der Waals surface area (Å²) >= 11 is 7.04. The quantitative estimate of drug-likeness (QED) is 0.589. The van der Waals surface area contributed by atoms with E-state index in [9.17, 15) is 14.7 Å². The van der Waals surface area contributed by atoms with E-state index in [4.69, 9.17) is 22.1 Å². The molecule has 0 atom stereocenters. The minimum Gasteiger partial charge on any atom is -0.495 e. The van der Waals surface area contributed by atoms with Gasteiger partial charge in [0.25, 0.3) is 0 Å². The largest absolute Gasteiger partial charge is 0.495 e. The van der Waals surface area contributed by atoms with Crippen molar-refractivity contribution in [2.45, 2.75) is 18.3 Å². The number of thioether (sulfide) groups is 1. The predicted octanol–water partition coefficient (Wildman–Crippen LogP) is 1.25. The molecule has 1 heterocycles. The van der Waals surface area contributed by atoms with Gasteiger partial charge in [0.15, 0.2) is 5.16 Å². The van der Waals surface area contributed by atoms with Crippen molar-refractivity contribution in [3.05, 3.63) is 35.1 Å². The Balaban J connectivity index is 2.04. The number of nitrogens with two attached hydrogens (primary N) is 1. The Morgan fingerprint density at radius 2 is 2.24 bits per heavy atom. The third kappa shape index (κ3) is 5.12. The number of hydrogen-bond acceptors (Lipinski definition) is 6. The molecule has 0 unspecified atom stereocenters. The molecule has 0 aliphatic heterocycles. The van der Waals surface area contributed by atoms with Gasteiger partial charge in [0.05, 0.1) is 37.0 Å². The summed E-state index contributed by atoms with van der Waals surface area (Å²) in [4.78, 5) is 27.4. The fourth-order valence-electron chi connectivity index (χ4n) is 2.05. The number of rotatable bonds is 8. The van der Waals surface area contributed by atoms with Crippen LogP contribution in [0.25, 0.3) is 0 Å². The monoisotopic (exact) mass is 384 g/mol. The normalized spacial score (nSPS) is 10.5. The van der Waals surface area contributed by atoms with E-state index in [1.807, 2.05) is 0 Å². The number of benzene rings is 1. The van der Waals surface area contributed by atoms with Crippen molar-refractivity contribution in [2.24, 2.45) is 5.73 Å². The van der Waals surface area contributed by atoms with Crippen LogP contribution in [-0.4, -0.2) is 39.3 Å². The van der Waals surface area contributed by atoms with Gasteiger partial charge in [0, 0.05) is 5.02 Å². The Morgan fingerprint density at radius 1 is 1.48 bits per heavy atom. The molecule has 0 radical (unpaired) electrons. The molecule has 25 heavy (non-hydrogen) atoms. The number of nitrogens with one attached hydrogen (secondary N) is 1. The average Bonchev–Trinajstić information content (AvgIpc) is 2.94. The summed E-state index contributed by atoms with van der Waals surface area (Å²) in [5.41, 5.74) is 6.09. The maximum absolute atomic E-state index is 12.2. The molecule has 0 saturated heterocycles.